The maximum atomic E-state index is 12.8. The van der Waals surface area contributed by atoms with Gasteiger partial charge in [-0.15, -0.1) is 10.2 Å². The summed E-state index contributed by atoms with van der Waals surface area (Å²) in [6.45, 7) is 6.53. The van der Waals surface area contributed by atoms with Gasteiger partial charge in [-0.3, -0.25) is 9.59 Å². The van der Waals surface area contributed by atoms with Gasteiger partial charge < -0.3 is 24.6 Å². The highest BCUT2D eigenvalue weighted by Crippen LogP contribution is 2.29. The average molecular weight is 480 g/mol. The van der Waals surface area contributed by atoms with Crippen LogP contribution >= 0.6 is 23.1 Å². The number of aromatic nitrogens is 2. The number of carbonyl (C=O) groups excluding carboxylic acids is 2. The number of nitrogens with zero attached hydrogens (tertiary/aromatic N) is 4. The number of piperazine rings is 1. The van der Waals surface area contributed by atoms with Crippen LogP contribution in [0, 0.1) is 0 Å². The third-order valence-corrected chi connectivity index (χ3v) is 7.00. The molecule has 1 saturated heterocycles. The van der Waals surface area contributed by atoms with E-state index in [1.165, 1.54) is 23.1 Å². The van der Waals surface area contributed by atoms with Crippen LogP contribution < -0.4 is 19.7 Å². The maximum absolute atomic E-state index is 12.8. The molecule has 2 aromatic rings. The number of amides is 2. The van der Waals surface area contributed by atoms with Crippen molar-refractivity contribution >= 4 is 40.0 Å². The minimum Gasteiger partial charge on any atom is -0.493 e. The predicted molar refractivity (Wildman–Crippen MR) is 126 cm³/mol. The van der Waals surface area contributed by atoms with Gasteiger partial charge in [0.15, 0.2) is 15.8 Å². The van der Waals surface area contributed by atoms with Gasteiger partial charge >= 0.3 is 0 Å². The number of ether oxygens (including phenoxy) is 2. The molecule has 0 radical (unpaired) electrons. The van der Waals surface area contributed by atoms with Crippen molar-refractivity contribution in [3.05, 3.63) is 23.8 Å². The van der Waals surface area contributed by atoms with Gasteiger partial charge in [-0.25, -0.2) is 0 Å². The molecule has 1 aromatic carbocycles. The van der Waals surface area contributed by atoms with Crippen molar-refractivity contribution in [1.82, 2.24) is 20.4 Å². The summed E-state index contributed by atoms with van der Waals surface area (Å²) in [6.07, 6.45) is 0.318. The van der Waals surface area contributed by atoms with Gasteiger partial charge in [0.25, 0.3) is 0 Å². The fourth-order valence-electron chi connectivity index (χ4n) is 3.30. The quantitative estimate of drug-likeness (QED) is 0.546. The predicted octanol–water partition coefficient (Wildman–Crippen LogP) is 2.06. The number of benzene rings is 1. The molecule has 1 aliphatic rings. The molecule has 0 spiro atoms. The molecule has 32 heavy (non-hydrogen) atoms. The minimum absolute atomic E-state index is 0.0108. The summed E-state index contributed by atoms with van der Waals surface area (Å²) < 4.78 is 11.3. The molecule has 11 heteroatoms. The number of hydrogen-bond acceptors (Lipinski definition) is 9. The number of rotatable bonds is 9. The zero-order valence-corrected chi connectivity index (χ0v) is 20.4. The van der Waals surface area contributed by atoms with Gasteiger partial charge in [0.2, 0.25) is 16.9 Å². The first kappa shape index (κ1) is 24.1. The van der Waals surface area contributed by atoms with E-state index in [1.54, 1.807) is 14.2 Å². The topological polar surface area (TPSA) is 96.9 Å². The van der Waals surface area contributed by atoms with E-state index in [2.05, 4.69) is 20.4 Å². The Bertz CT molecular complexity index is 929. The molecule has 0 saturated carbocycles. The second-order valence-electron chi connectivity index (χ2n) is 7.60. The molecule has 3 rings (SSSR count). The molecule has 1 N–H and O–H groups in total. The summed E-state index contributed by atoms with van der Waals surface area (Å²) >= 11 is 2.87. The summed E-state index contributed by atoms with van der Waals surface area (Å²) in [7, 11) is 3.17. The maximum Gasteiger partial charge on any atom is 0.230 e. The van der Waals surface area contributed by atoms with Crippen LogP contribution in [0.5, 0.6) is 11.5 Å². The Morgan fingerprint density at radius 3 is 2.50 bits per heavy atom. The van der Waals surface area contributed by atoms with Crippen molar-refractivity contribution in [2.75, 3.05) is 51.1 Å². The molecule has 1 fully saturated rings. The van der Waals surface area contributed by atoms with Crippen LogP contribution in [0.25, 0.3) is 0 Å². The molecule has 2 amide bonds. The number of carbonyl (C=O) groups is 2. The van der Waals surface area contributed by atoms with Crippen molar-refractivity contribution in [1.29, 1.82) is 0 Å². The Morgan fingerprint density at radius 1 is 1.12 bits per heavy atom. The molecule has 9 nitrogen and oxygen atoms in total. The smallest absolute Gasteiger partial charge is 0.230 e. The van der Waals surface area contributed by atoms with Crippen LogP contribution in [0.3, 0.4) is 0 Å². The standard InChI is InChI=1S/C21H29N5O4S2/c1-14(2)22-18(27)13-31-21-24-23-20(32-21)26-9-7-25(8-10-26)19(28)12-15-5-6-16(29-3)17(11-15)30-4/h5-6,11,14H,7-10,12-13H2,1-4H3,(H,22,27). The molecule has 174 valence electrons. The lowest BCUT2D eigenvalue weighted by atomic mass is 10.1. The van der Waals surface area contributed by atoms with Gasteiger partial charge in [-0.1, -0.05) is 29.2 Å². The molecule has 2 heterocycles. The molecule has 1 aromatic heterocycles. The monoisotopic (exact) mass is 479 g/mol. The van der Waals surface area contributed by atoms with E-state index in [4.69, 9.17) is 9.47 Å². The van der Waals surface area contributed by atoms with E-state index in [1.807, 2.05) is 36.9 Å². The number of hydrogen-bond donors (Lipinski definition) is 1. The molecule has 0 aliphatic carbocycles. The first-order valence-electron chi connectivity index (χ1n) is 10.4. The summed E-state index contributed by atoms with van der Waals surface area (Å²) in [5.41, 5.74) is 0.891. The summed E-state index contributed by atoms with van der Waals surface area (Å²) in [5.74, 6) is 1.66. The van der Waals surface area contributed by atoms with Crippen LogP contribution in [-0.4, -0.2) is 79.1 Å². The van der Waals surface area contributed by atoms with E-state index in [0.717, 1.165) is 15.0 Å². The lowest BCUT2D eigenvalue weighted by molar-refractivity contribution is -0.130. The Kier molecular flexibility index (Phi) is 8.57. The van der Waals surface area contributed by atoms with Gasteiger partial charge in [-0.05, 0) is 31.5 Å². The van der Waals surface area contributed by atoms with Crippen molar-refractivity contribution < 1.29 is 19.1 Å². The molecular weight excluding hydrogens is 450 g/mol. The van der Waals surface area contributed by atoms with Crippen LogP contribution in [-0.2, 0) is 16.0 Å². The Balaban J connectivity index is 1.48. The first-order valence-corrected chi connectivity index (χ1v) is 12.2. The summed E-state index contributed by atoms with van der Waals surface area (Å²) in [4.78, 5) is 28.6. The normalized spacial score (nSPS) is 13.9. The summed E-state index contributed by atoms with van der Waals surface area (Å²) in [5, 5.41) is 12.1. The van der Waals surface area contributed by atoms with E-state index in [-0.39, 0.29) is 17.9 Å². The fraction of sp³-hybridized carbons (Fsp3) is 0.524. The molecule has 1 aliphatic heterocycles. The second-order valence-corrected chi connectivity index (χ2v) is 9.77. The van der Waals surface area contributed by atoms with Crippen molar-refractivity contribution in [2.24, 2.45) is 0 Å². The highest BCUT2D eigenvalue weighted by molar-refractivity contribution is 8.01. The van der Waals surface area contributed by atoms with Gasteiger partial charge in [0, 0.05) is 32.2 Å². The zero-order chi connectivity index (χ0) is 23.1. The Hall–Kier alpha value is -2.53. The Labute approximate surface area is 196 Å². The third-order valence-electron chi connectivity index (χ3n) is 4.88. The van der Waals surface area contributed by atoms with E-state index >= 15 is 0 Å². The van der Waals surface area contributed by atoms with Crippen LogP contribution in [0.4, 0.5) is 5.13 Å². The lowest BCUT2D eigenvalue weighted by Crippen LogP contribution is -2.49. The highest BCUT2D eigenvalue weighted by Gasteiger charge is 2.24. The van der Waals surface area contributed by atoms with Crippen molar-refractivity contribution in [2.45, 2.75) is 30.6 Å². The largest absolute Gasteiger partial charge is 0.493 e. The summed E-state index contributed by atoms with van der Waals surface area (Å²) in [6, 6.07) is 5.67. The number of thioether (sulfide) groups is 1. The molecule has 0 unspecified atom stereocenters. The molecular formula is C21H29N5O4S2. The molecule has 0 atom stereocenters. The van der Waals surface area contributed by atoms with Crippen molar-refractivity contribution in [3.63, 3.8) is 0 Å². The van der Waals surface area contributed by atoms with E-state index in [0.29, 0.717) is 49.9 Å². The third kappa shape index (κ3) is 6.49. The van der Waals surface area contributed by atoms with Gasteiger partial charge in [0.05, 0.1) is 26.4 Å². The average Bonchev–Trinajstić information content (AvgIpc) is 3.26. The number of anilines is 1. The van der Waals surface area contributed by atoms with E-state index in [9.17, 15) is 9.59 Å². The van der Waals surface area contributed by atoms with Crippen LogP contribution in [0.15, 0.2) is 22.5 Å². The highest BCUT2D eigenvalue weighted by atomic mass is 32.2. The number of nitrogens with one attached hydrogen (secondary N) is 1. The first-order chi connectivity index (χ1) is 15.4. The van der Waals surface area contributed by atoms with Gasteiger partial charge in [0.1, 0.15) is 0 Å². The van der Waals surface area contributed by atoms with Crippen LogP contribution in [0.1, 0.15) is 19.4 Å². The zero-order valence-electron chi connectivity index (χ0n) is 18.8. The second kappa shape index (κ2) is 11.4. The van der Waals surface area contributed by atoms with Gasteiger partial charge in [-0.2, -0.15) is 0 Å². The van der Waals surface area contributed by atoms with Crippen molar-refractivity contribution in [3.8, 4) is 11.5 Å². The Morgan fingerprint density at radius 2 is 1.84 bits per heavy atom. The lowest BCUT2D eigenvalue weighted by Gasteiger charge is -2.34. The number of methoxy groups -OCH3 is 2. The van der Waals surface area contributed by atoms with Crippen LogP contribution in [0.2, 0.25) is 0 Å². The fourth-order valence-corrected chi connectivity index (χ4v) is 5.01. The van der Waals surface area contributed by atoms with E-state index < -0.39 is 0 Å². The SMILES string of the molecule is COc1ccc(CC(=O)N2CCN(c3nnc(SCC(=O)NC(C)C)s3)CC2)cc1OC. The minimum atomic E-state index is -0.0108. The molecule has 0 bridgehead atoms.